The van der Waals surface area contributed by atoms with Gasteiger partial charge in [-0.05, 0) is 55.6 Å². The van der Waals surface area contributed by atoms with Crippen molar-refractivity contribution in [2.24, 2.45) is 0 Å². The Balaban J connectivity index is 1.53. The third-order valence-electron chi connectivity index (χ3n) is 5.03. The van der Waals surface area contributed by atoms with Gasteiger partial charge in [0.2, 0.25) is 11.0 Å². The molecule has 2 saturated carbocycles. The van der Waals surface area contributed by atoms with Crippen LogP contribution in [0.4, 0.5) is 5.13 Å². The van der Waals surface area contributed by atoms with Crippen molar-refractivity contribution >= 4 is 57.8 Å². The summed E-state index contributed by atoms with van der Waals surface area (Å²) in [6.45, 7) is 3.26. The van der Waals surface area contributed by atoms with E-state index in [1.54, 1.807) is 0 Å². The van der Waals surface area contributed by atoms with Gasteiger partial charge >= 0.3 is 0 Å². The highest BCUT2D eigenvalue weighted by Crippen LogP contribution is 2.35. The molecule has 0 saturated heterocycles. The number of halogens is 2. The molecule has 2 fully saturated rings. The summed E-state index contributed by atoms with van der Waals surface area (Å²) in [5.74, 6) is 0.119. The standard InChI is InChI=1S/C19H22Cl2N4OS2/c1-2-17(26)25(14-6-7-14)18-22-24(19(27)28-18)11-23(13-4-5-13)10-12-3-8-15(20)16(21)9-12/h3,8-9,13-14H,2,4-7,10-11H2,1H3. The van der Waals surface area contributed by atoms with Gasteiger partial charge in [-0.2, -0.15) is 0 Å². The summed E-state index contributed by atoms with van der Waals surface area (Å²) < 4.78 is 2.55. The minimum absolute atomic E-state index is 0.119. The first-order chi connectivity index (χ1) is 13.5. The van der Waals surface area contributed by atoms with E-state index in [1.165, 1.54) is 24.2 Å². The number of aromatic nitrogens is 2. The van der Waals surface area contributed by atoms with Gasteiger partial charge in [0.25, 0.3) is 0 Å². The first-order valence-corrected chi connectivity index (χ1v) is 11.5. The van der Waals surface area contributed by atoms with E-state index in [0.717, 1.165) is 30.1 Å². The van der Waals surface area contributed by atoms with E-state index in [9.17, 15) is 4.79 Å². The van der Waals surface area contributed by atoms with Crippen LogP contribution in [0, 0.1) is 3.95 Å². The van der Waals surface area contributed by atoms with Crippen LogP contribution in [-0.4, -0.2) is 32.7 Å². The summed E-state index contributed by atoms with van der Waals surface area (Å²) in [6.07, 6.45) is 4.92. The van der Waals surface area contributed by atoms with Gasteiger partial charge in [-0.1, -0.05) is 47.5 Å². The molecule has 1 heterocycles. The van der Waals surface area contributed by atoms with Gasteiger partial charge in [0.1, 0.15) is 0 Å². The normalized spacial score (nSPS) is 16.6. The maximum atomic E-state index is 12.4. The fourth-order valence-electron chi connectivity index (χ4n) is 3.23. The van der Waals surface area contributed by atoms with Crippen molar-refractivity contribution in [2.75, 3.05) is 4.90 Å². The molecule has 2 aliphatic carbocycles. The number of rotatable bonds is 8. The second-order valence-electron chi connectivity index (χ2n) is 7.37. The van der Waals surface area contributed by atoms with Crippen molar-refractivity contribution in [3.8, 4) is 0 Å². The Kier molecular flexibility index (Phi) is 6.09. The van der Waals surface area contributed by atoms with Crippen LogP contribution in [0.15, 0.2) is 18.2 Å². The Labute approximate surface area is 183 Å². The summed E-state index contributed by atoms with van der Waals surface area (Å²) >= 11 is 19.2. The van der Waals surface area contributed by atoms with Crippen LogP contribution in [-0.2, 0) is 18.0 Å². The average Bonchev–Trinajstić information content (AvgIpc) is 3.57. The van der Waals surface area contributed by atoms with Crippen LogP contribution in [0.2, 0.25) is 10.0 Å². The van der Waals surface area contributed by atoms with Gasteiger partial charge in [0, 0.05) is 25.0 Å². The number of benzene rings is 1. The Bertz CT molecular complexity index is 936. The van der Waals surface area contributed by atoms with Gasteiger partial charge in [0.15, 0.2) is 3.95 Å². The fraction of sp³-hybridized carbons (Fsp3) is 0.526. The number of carbonyl (C=O) groups excluding carboxylic acids is 1. The van der Waals surface area contributed by atoms with E-state index in [0.29, 0.717) is 33.1 Å². The minimum atomic E-state index is 0.119. The Morgan fingerprint density at radius 1 is 1.25 bits per heavy atom. The van der Waals surface area contributed by atoms with E-state index in [-0.39, 0.29) is 11.9 Å². The van der Waals surface area contributed by atoms with Crippen LogP contribution in [0.5, 0.6) is 0 Å². The van der Waals surface area contributed by atoms with Crippen LogP contribution >= 0.6 is 46.8 Å². The predicted molar refractivity (Wildman–Crippen MR) is 117 cm³/mol. The zero-order valence-electron chi connectivity index (χ0n) is 15.6. The van der Waals surface area contributed by atoms with E-state index >= 15 is 0 Å². The van der Waals surface area contributed by atoms with Crippen molar-refractivity contribution in [1.29, 1.82) is 0 Å². The third-order valence-corrected chi connectivity index (χ3v) is 7.08. The molecule has 0 radical (unpaired) electrons. The molecular formula is C19H22Cl2N4OS2. The maximum Gasteiger partial charge on any atom is 0.228 e. The Morgan fingerprint density at radius 3 is 2.57 bits per heavy atom. The van der Waals surface area contributed by atoms with Crippen molar-refractivity contribution < 1.29 is 4.79 Å². The number of carbonyl (C=O) groups is 1. The van der Waals surface area contributed by atoms with Crippen molar-refractivity contribution in [3.63, 3.8) is 0 Å². The molecule has 0 bridgehead atoms. The molecule has 1 aromatic heterocycles. The summed E-state index contributed by atoms with van der Waals surface area (Å²) in [5, 5.41) is 6.57. The zero-order valence-corrected chi connectivity index (χ0v) is 18.8. The molecule has 2 aromatic rings. The highest BCUT2D eigenvalue weighted by atomic mass is 35.5. The van der Waals surface area contributed by atoms with Crippen LogP contribution in [0.1, 0.15) is 44.6 Å². The molecule has 5 nitrogen and oxygen atoms in total. The Hall–Kier alpha value is -0.990. The quantitative estimate of drug-likeness (QED) is 0.491. The highest BCUT2D eigenvalue weighted by molar-refractivity contribution is 7.73. The molecule has 0 N–H and O–H groups in total. The lowest BCUT2D eigenvalue weighted by molar-refractivity contribution is -0.118. The summed E-state index contributed by atoms with van der Waals surface area (Å²) in [5.41, 5.74) is 1.11. The predicted octanol–water partition coefficient (Wildman–Crippen LogP) is 5.51. The second kappa shape index (κ2) is 8.40. The summed E-state index contributed by atoms with van der Waals surface area (Å²) in [6, 6.07) is 6.57. The summed E-state index contributed by atoms with van der Waals surface area (Å²) in [7, 11) is 0. The van der Waals surface area contributed by atoms with E-state index < -0.39 is 0 Å². The summed E-state index contributed by atoms with van der Waals surface area (Å²) in [4.78, 5) is 16.6. The molecule has 0 aliphatic heterocycles. The van der Waals surface area contributed by atoms with Gasteiger partial charge in [-0.15, -0.1) is 5.10 Å². The lowest BCUT2D eigenvalue weighted by atomic mass is 10.2. The lowest BCUT2D eigenvalue weighted by Crippen LogP contribution is -2.33. The highest BCUT2D eigenvalue weighted by Gasteiger charge is 2.35. The van der Waals surface area contributed by atoms with Gasteiger partial charge in [0.05, 0.1) is 16.7 Å². The van der Waals surface area contributed by atoms with Gasteiger partial charge in [-0.25, -0.2) is 4.68 Å². The molecular weight excluding hydrogens is 435 g/mol. The molecule has 1 amide bonds. The van der Waals surface area contributed by atoms with E-state index in [2.05, 4.69) is 4.90 Å². The molecule has 9 heteroatoms. The maximum absolute atomic E-state index is 12.4. The van der Waals surface area contributed by atoms with Crippen LogP contribution in [0.3, 0.4) is 0 Å². The Morgan fingerprint density at radius 2 is 1.96 bits per heavy atom. The van der Waals surface area contributed by atoms with E-state index in [1.807, 2.05) is 34.7 Å². The van der Waals surface area contributed by atoms with Gasteiger partial charge < -0.3 is 0 Å². The molecule has 0 spiro atoms. The third kappa shape index (κ3) is 4.60. The van der Waals surface area contributed by atoms with Crippen molar-refractivity contribution in [3.05, 3.63) is 37.8 Å². The molecule has 0 atom stereocenters. The lowest BCUT2D eigenvalue weighted by Gasteiger charge is -2.22. The average molecular weight is 457 g/mol. The molecule has 2 aliphatic rings. The number of amides is 1. The van der Waals surface area contributed by atoms with Crippen LogP contribution < -0.4 is 4.90 Å². The molecule has 1 aromatic carbocycles. The molecule has 0 unspecified atom stereocenters. The minimum Gasteiger partial charge on any atom is -0.284 e. The molecule has 4 rings (SSSR count). The monoisotopic (exact) mass is 456 g/mol. The van der Waals surface area contributed by atoms with Crippen LogP contribution in [0.25, 0.3) is 0 Å². The topological polar surface area (TPSA) is 41.4 Å². The van der Waals surface area contributed by atoms with Crippen molar-refractivity contribution in [1.82, 2.24) is 14.7 Å². The fourth-order valence-corrected chi connectivity index (χ4v) is 4.72. The zero-order chi connectivity index (χ0) is 19.8. The molecule has 150 valence electrons. The van der Waals surface area contributed by atoms with Crippen molar-refractivity contribution in [2.45, 2.75) is 64.3 Å². The van der Waals surface area contributed by atoms with E-state index in [4.69, 9.17) is 40.5 Å². The second-order valence-corrected chi connectivity index (χ2v) is 9.78. The first-order valence-electron chi connectivity index (χ1n) is 9.54. The number of nitrogens with zero attached hydrogens (tertiary/aromatic N) is 4. The molecule has 28 heavy (non-hydrogen) atoms. The largest absolute Gasteiger partial charge is 0.284 e. The smallest absolute Gasteiger partial charge is 0.228 e. The number of hydrogen-bond donors (Lipinski definition) is 0. The SMILES string of the molecule is CCC(=O)N(c1nn(CN(Cc2ccc(Cl)c(Cl)c2)C2CC2)c(=S)s1)C1CC1. The number of anilines is 1. The van der Waals surface area contributed by atoms with Gasteiger partial charge in [-0.3, -0.25) is 14.6 Å². The first kappa shape index (κ1) is 20.3. The number of hydrogen-bond acceptors (Lipinski definition) is 5.